The van der Waals surface area contributed by atoms with Crippen molar-refractivity contribution in [1.82, 2.24) is 4.90 Å². The molecule has 19 heavy (non-hydrogen) atoms. The van der Waals surface area contributed by atoms with E-state index in [0.717, 1.165) is 24.2 Å². The summed E-state index contributed by atoms with van der Waals surface area (Å²) in [5.41, 5.74) is 1.62. The third kappa shape index (κ3) is 3.77. The summed E-state index contributed by atoms with van der Waals surface area (Å²) in [5.74, 6) is -0.223. The van der Waals surface area contributed by atoms with Crippen molar-refractivity contribution in [1.29, 1.82) is 0 Å². The van der Waals surface area contributed by atoms with Crippen LogP contribution in [0.2, 0.25) is 0 Å². The number of hydrogen-bond donors (Lipinski definition) is 1. The van der Waals surface area contributed by atoms with Crippen LogP contribution >= 0.6 is 0 Å². The molecule has 3 heteroatoms. The molecular weight excluding hydrogens is 241 g/mol. The Kier molecular flexibility index (Phi) is 5.50. The molecule has 2 nitrogen and oxygen atoms in total. The Morgan fingerprint density at radius 1 is 1.26 bits per heavy atom. The fraction of sp³-hybridized carbons (Fsp3) is 0.625. The lowest BCUT2D eigenvalue weighted by atomic mass is 9.88. The largest absolute Gasteiger partial charge is 0.391 e. The van der Waals surface area contributed by atoms with Gasteiger partial charge in [-0.25, -0.2) is 4.39 Å². The van der Waals surface area contributed by atoms with Crippen LogP contribution in [0.15, 0.2) is 18.2 Å². The summed E-state index contributed by atoms with van der Waals surface area (Å²) in [6.45, 7) is 12.0. The van der Waals surface area contributed by atoms with Crippen LogP contribution in [0.25, 0.3) is 0 Å². The second kappa shape index (κ2) is 6.49. The lowest BCUT2D eigenvalue weighted by Gasteiger charge is -2.41. The van der Waals surface area contributed by atoms with Gasteiger partial charge in [0.25, 0.3) is 0 Å². The van der Waals surface area contributed by atoms with Gasteiger partial charge in [0.05, 0.1) is 6.10 Å². The van der Waals surface area contributed by atoms with Crippen molar-refractivity contribution in [2.75, 3.05) is 13.1 Å². The zero-order valence-corrected chi connectivity index (χ0v) is 12.7. The molecule has 0 fully saturated rings. The first kappa shape index (κ1) is 16.1. The molecule has 0 radical (unpaired) electrons. The van der Waals surface area contributed by atoms with Crippen LogP contribution in [-0.2, 0) is 6.42 Å². The second-order valence-electron chi connectivity index (χ2n) is 5.62. The number of halogens is 1. The molecule has 0 saturated carbocycles. The van der Waals surface area contributed by atoms with Crippen molar-refractivity contribution in [3.8, 4) is 0 Å². The molecule has 0 bridgehead atoms. The van der Waals surface area contributed by atoms with Crippen LogP contribution in [-0.4, -0.2) is 34.7 Å². The van der Waals surface area contributed by atoms with E-state index in [9.17, 15) is 9.50 Å². The number of aliphatic hydroxyl groups is 1. The summed E-state index contributed by atoms with van der Waals surface area (Å²) < 4.78 is 13.1. The van der Waals surface area contributed by atoms with E-state index in [0.29, 0.717) is 6.42 Å². The van der Waals surface area contributed by atoms with Gasteiger partial charge in [0.2, 0.25) is 0 Å². The summed E-state index contributed by atoms with van der Waals surface area (Å²) in [6.07, 6.45) is 0.0758. The molecule has 1 rings (SSSR count). The van der Waals surface area contributed by atoms with Crippen LogP contribution in [0.4, 0.5) is 4.39 Å². The second-order valence-corrected chi connectivity index (χ2v) is 5.62. The van der Waals surface area contributed by atoms with Crippen LogP contribution in [0.5, 0.6) is 0 Å². The van der Waals surface area contributed by atoms with Gasteiger partial charge in [-0.3, -0.25) is 4.90 Å². The van der Waals surface area contributed by atoms with E-state index in [-0.39, 0.29) is 11.4 Å². The highest BCUT2D eigenvalue weighted by Gasteiger charge is 2.32. The number of rotatable bonds is 6. The monoisotopic (exact) mass is 267 g/mol. The molecule has 0 heterocycles. The molecular formula is C16H26FNO. The molecule has 1 atom stereocenters. The van der Waals surface area contributed by atoms with Crippen molar-refractivity contribution in [3.05, 3.63) is 35.1 Å². The first-order chi connectivity index (χ1) is 8.82. The summed E-state index contributed by atoms with van der Waals surface area (Å²) in [7, 11) is 0. The molecule has 0 amide bonds. The van der Waals surface area contributed by atoms with Gasteiger partial charge in [0, 0.05) is 12.0 Å². The molecule has 1 aromatic rings. The third-order valence-electron chi connectivity index (χ3n) is 4.11. The van der Waals surface area contributed by atoms with Crippen LogP contribution in [0.3, 0.4) is 0 Å². The van der Waals surface area contributed by atoms with E-state index in [2.05, 4.69) is 32.6 Å². The van der Waals surface area contributed by atoms with Gasteiger partial charge < -0.3 is 5.11 Å². The zero-order chi connectivity index (χ0) is 14.6. The van der Waals surface area contributed by atoms with Crippen LogP contribution < -0.4 is 0 Å². The molecule has 0 saturated heterocycles. The molecule has 0 aliphatic carbocycles. The lowest BCUT2D eigenvalue weighted by Crippen LogP contribution is -2.53. The smallest absolute Gasteiger partial charge is 0.123 e. The SMILES string of the molecule is CCN(CC)C(C)(C)C(O)Cc1ccc(F)cc1C. The minimum atomic E-state index is -0.475. The molecule has 1 aromatic carbocycles. The van der Waals surface area contributed by atoms with Crippen LogP contribution in [0.1, 0.15) is 38.8 Å². The van der Waals surface area contributed by atoms with Crippen molar-refractivity contribution in [2.24, 2.45) is 0 Å². The Balaban J connectivity index is 2.86. The lowest BCUT2D eigenvalue weighted by molar-refractivity contribution is -0.00423. The predicted octanol–water partition coefficient (Wildman–Crippen LogP) is 3.16. The highest BCUT2D eigenvalue weighted by Crippen LogP contribution is 2.23. The number of nitrogens with zero attached hydrogens (tertiary/aromatic N) is 1. The maximum atomic E-state index is 13.1. The fourth-order valence-electron chi connectivity index (χ4n) is 2.60. The van der Waals surface area contributed by atoms with E-state index in [4.69, 9.17) is 0 Å². The Morgan fingerprint density at radius 2 is 1.84 bits per heavy atom. The van der Waals surface area contributed by atoms with Crippen molar-refractivity contribution in [2.45, 2.75) is 52.7 Å². The number of benzene rings is 1. The molecule has 108 valence electrons. The van der Waals surface area contributed by atoms with Gasteiger partial charge in [-0.05, 0) is 57.1 Å². The van der Waals surface area contributed by atoms with E-state index in [1.54, 1.807) is 6.07 Å². The third-order valence-corrected chi connectivity index (χ3v) is 4.11. The molecule has 1 N–H and O–H groups in total. The number of aliphatic hydroxyl groups excluding tert-OH is 1. The molecule has 1 unspecified atom stereocenters. The van der Waals surface area contributed by atoms with Gasteiger partial charge >= 0.3 is 0 Å². The predicted molar refractivity (Wildman–Crippen MR) is 77.8 cm³/mol. The van der Waals surface area contributed by atoms with E-state index < -0.39 is 6.10 Å². The fourth-order valence-corrected chi connectivity index (χ4v) is 2.60. The van der Waals surface area contributed by atoms with E-state index in [1.807, 2.05) is 6.92 Å². The Morgan fingerprint density at radius 3 is 2.32 bits per heavy atom. The maximum absolute atomic E-state index is 13.1. The van der Waals surface area contributed by atoms with Crippen molar-refractivity contribution in [3.63, 3.8) is 0 Å². The number of likely N-dealkylation sites (N-methyl/N-ethyl adjacent to an activating group) is 1. The topological polar surface area (TPSA) is 23.5 Å². The average Bonchev–Trinajstić information content (AvgIpc) is 2.33. The maximum Gasteiger partial charge on any atom is 0.123 e. The number of hydrogen-bond acceptors (Lipinski definition) is 2. The van der Waals surface area contributed by atoms with Gasteiger partial charge in [0.15, 0.2) is 0 Å². The molecule has 0 aliphatic rings. The zero-order valence-electron chi connectivity index (χ0n) is 12.7. The summed E-state index contributed by atoms with van der Waals surface area (Å²) >= 11 is 0. The standard InChI is InChI=1S/C16H26FNO/c1-6-18(7-2)16(4,5)15(19)11-13-8-9-14(17)10-12(13)3/h8-10,15,19H,6-7,11H2,1-5H3. The highest BCUT2D eigenvalue weighted by atomic mass is 19.1. The van der Waals surface area contributed by atoms with E-state index in [1.165, 1.54) is 12.1 Å². The first-order valence-electron chi connectivity index (χ1n) is 7.01. The Labute approximate surface area is 116 Å². The number of aryl methyl sites for hydroxylation is 1. The Hall–Kier alpha value is -0.930. The van der Waals surface area contributed by atoms with Gasteiger partial charge in [-0.15, -0.1) is 0 Å². The van der Waals surface area contributed by atoms with Crippen molar-refractivity contribution < 1.29 is 9.50 Å². The Bertz CT molecular complexity index is 413. The molecule has 0 aliphatic heterocycles. The van der Waals surface area contributed by atoms with E-state index >= 15 is 0 Å². The minimum Gasteiger partial charge on any atom is -0.391 e. The molecule has 0 aromatic heterocycles. The highest BCUT2D eigenvalue weighted by molar-refractivity contribution is 5.27. The minimum absolute atomic E-state index is 0.223. The van der Waals surface area contributed by atoms with Crippen LogP contribution in [0, 0.1) is 12.7 Å². The van der Waals surface area contributed by atoms with Crippen molar-refractivity contribution >= 4 is 0 Å². The first-order valence-corrected chi connectivity index (χ1v) is 7.01. The average molecular weight is 267 g/mol. The van der Waals surface area contributed by atoms with Gasteiger partial charge in [-0.2, -0.15) is 0 Å². The summed E-state index contributed by atoms with van der Waals surface area (Å²) in [6, 6.07) is 4.75. The van der Waals surface area contributed by atoms with Gasteiger partial charge in [0.1, 0.15) is 5.82 Å². The quantitative estimate of drug-likeness (QED) is 0.856. The normalized spacial score (nSPS) is 13.9. The molecule has 0 spiro atoms. The summed E-state index contributed by atoms with van der Waals surface area (Å²) in [5, 5.41) is 10.5. The summed E-state index contributed by atoms with van der Waals surface area (Å²) in [4.78, 5) is 2.25. The van der Waals surface area contributed by atoms with Gasteiger partial charge in [-0.1, -0.05) is 19.9 Å².